The van der Waals surface area contributed by atoms with Crippen molar-refractivity contribution >= 4 is 5.78 Å². The minimum absolute atomic E-state index is 0.0544. The summed E-state index contributed by atoms with van der Waals surface area (Å²) in [7, 11) is 0. The SMILES string of the molecule is CC(=O)CC(CC#N)c1ccccc1. The molecule has 1 atom stereocenters. The average molecular weight is 187 g/mol. The summed E-state index contributed by atoms with van der Waals surface area (Å²) in [6.45, 7) is 1.56. The van der Waals surface area contributed by atoms with Gasteiger partial charge in [0.25, 0.3) is 0 Å². The molecule has 0 heterocycles. The molecule has 0 fully saturated rings. The van der Waals surface area contributed by atoms with Crippen molar-refractivity contribution in [2.75, 3.05) is 0 Å². The van der Waals surface area contributed by atoms with E-state index in [4.69, 9.17) is 5.26 Å². The Morgan fingerprint density at radius 2 is 2.07 bits per heavy atom. The minimum atomic E-state index is 0.0544. The van der Waals surface area contributed by atoms with Gasteiger partial charge in [-0.2, -0.15) is 5.26 Å². The number of ketones is 1. The molecule has 14 heavy (non-hydrogen) atoms. The normalized spacial score (nSPS) is 11.7. The van der Waals surface area contributed by atoms with Gasteiger partial charge in [0, 0.05) is 18.8 Å². The molecule has 0 spiro atoms. The third-order valence-electron chi connectivity index (χ3n) is 2.14. The molecule has 2 nitrogen and oxygen atoms in total. The minimum Gasteiger partial charge on any atom is -0.300 e. The predicted octanol–water partition coefficient (Wildman–Crippen LogP) is 2.66. The quantitative estimate of drug-likeness (QED) is 0.727. The number of hydrogen-bond donors (Lipinski definition) is 0. The van der Waals surface area contributed by atoms with E-state index in [-0.39, 0.29) is 11.7 Å². The third-order valence-corrected chi connectivity index (χ3v) is 2.14. The Morgan fingerprint density at radius 1 is 1.43 bits per heavy atom. The van der Waals surface area contributed by atoms with Crippen LogP contribution in [0.25, 0.3) is 0 Å². The summed E-state index contributed by atoms with van der Waals surface area (Å²) in [6.07, 6.45) is 0.862. The van der Waals surface area contributed by atoms with E-state index in [1.54, 1.807) is 6.92 Å². The third kappa shape index (κ3) is 3.02. The van der Waals surface area contributed by atoms with Crippen molar-refractivity contribution < 1.29 is 4.79 Å². The summed E-state index contributed by atoms with van der Waals surface area (Å²) in [5.41, 5.74) is 1.07. The van der Waals surface area contributed by atoms with Crippen molar-refractivity contribution in [1.82, 2.24) is 0 Å². The van der Waals surface area contributed by atoms with Crippen molar-refractivity contribution in [3.63, 3.8) is 0 Å². The van der Waals surface area contributed by atoms with Gasteiger partial charge in [-0.25, -0.2) is 0 Å². The van der Waals surface area contributed by atoms with Gasteiger partial charge >= 0.3 is 0 Å². The second-order valence-corrected chi connectivity index (χ2v) is 3.38. The predicted molar refractivity (Wildman–Crippen MR) is 54.7 cm³/mol. The Balaban J connectivity index is 2.78. The highest BCUT2D eigenvalue weighted by Crippen LogP contribution is 2.22. The Labute approximate surface area is 84.2 Å². The topological polar surface area (TPSA) is 40.9 Å². The lowest BCUT2D eigenvalue weighted by Gasteiger charge is -2.11. The van der Waals surface area contributed by atoms with Crippen molar-refractivity contribution in [2.24, 2.45) is 0 Å². The lowest BCUT2D eigenvalue weighted by Crippen LogP contribution is -2.03. The summed E-state index contributed by atoms with van der Waals surface area (Å²) < 4.78 is 0. The van der Waals surface area contributed by atoms with E-state index in [0.29, 0.717) is 12.8 Å². The fraction of sp³-hybridized carbons (Fsp3) is 0.333. The number of carbonyl (C=O) groups is 1. The standard InChI is InChI=1S/C12H13NO/c1-10(14)9-12(7-8-13)11-5-3-2-4-6-11/h2-6,12H,7,9H2,1H3. The molecule has 1 aromatic rings. The Hall–Kier alpha value is -1.62. The first kappa shape index (κ1) is 10.5. The second kappa shape index (κ2) is 5.18. The average Bonchev–Trinajstić information content (AvgIpc) is 2.18. The van der Waals surface area contributed by atoms with E-state index in [2.05, 4.69) is 6.07 Å². The van der Waals surface area contributed by atoms with Crippen LogP contribution in [0.4, 0.5) is 0 Å². The van der Waals surface area contributed by atoms with Crippen LogP contribution in [-0.2, 0) is 4.79 Å². The highest BCUT2D eigenvalue weighted by atomic mass is 16.1. The summed E-state index contributed by atoms with van der Waals surface area (Å²) in [4.78, 5) is 11.0. The van der Waals surface area contributed by atoms with Crippen molar-refractivity contribution in [2.45, 2.75) is 25.7 Å². The van der Waals surface area contributed by atoms with E-state index in [1.807, 2.05) is 30.3 Å². The van der Waals surface area contributed by atoms with Crippen LogP contribution < -0.4 is 0 Å². The fourth-order valence-electron chi connectivity index (χ4n) is 1.49. The van der Waals surface area contributed by atoms with Gasteiger partial charge < -0.3 is 4.79 Å². The molecule has 0 radical (unpaired) electrons. The molecule has 0 aliphatic heterocycles. The number of nitriles is 1. The van der Waals surface area contributed by atoms with Crippen LogP contribution in [0.3, 0.4) is 0 Å². The van der Waals surface area contributed by atoms with Crippen LogP contribution in [-0.4, -0.2) is 5.78 Å². The van der Waals surface area contributed by atoms with E-state index in [9.17, 15) is 4.79 Å². The maximum Gasteiger partial charge on any atom is 0.130 e. The largest absolute Gasteiger partial charge is 0.300 e. The van der Waals surface area contributed by atoms with Gasteiger partial charge in [-0.05, 0) is 12.5 Å². The summed E-state index contributed by atoms with van der Waals surface area (Å²) in [5.74, 6) is 0.188. The Kier molecular flexibility index (Phi) is 3.87. The van der Waals surface area contributed by atoms with Gasteiger partial charge in [0.2, 0.25) is 0 Å². The first-order chi connectivity index (χ1) is 6.74. The molecular formula is C12H13NO. The van der Waals surface area contributed by atoms with Crippen LogP contribution in [0.2, 0.25) is 0 Å². The molecule has 2 heteroatoms. The number of nitrogens with zero attached hydrogens (tertiary/aromatic N) is 1. The van der Waals surface area contributed by atoms with Crippen LogP contribution in [0.5, 0.6) is 0 Å². The van der Waals surface area contributed by atoms with Crippen molar-refractivity contribution in [3.05, 3.63) is 35.9 Å². The monoisotopic (exact) mass is 187 g/mol. The zero-order valence-electron chi connectivity index (χ0n) is 8.23. The Morgan fingerprint density at radius 3 is 2.57 bits per heavy atom. The highest BCUT2D eigenvalue weighted by molar-refractivity contribution is 5.76. The van der Waals surface area contributed by atoms with Crippen molar-refractivity contribution in [1.29, 1.82) is 5.26 Å². The van der Waals surface area contributed by atoms with E-state index < -0.39 is 0 Å². The summed E-state index contributed by atoms with van der Waals surface area (Å²) >= 11 is 0. The zero-order chi connectivity index (χ0) is 10.4. The van der Waals surface area contributed by atoms with Crippen LogP contribution >= 0.6 is 0 Å². The number of carbonyl (C=O) groups excluding carboxylic acids is 1. The molecule has 1 rings (SSSR count). The smallest absolute Gasteiger partial charge is 0.130 e. The molecule has 0 saturated carbocycles. The van der Waals surface area contributed by atoms with Crippen LogP contribution in [0, 0.1) is 11.3 Å². The summed E-state index contributed by atoms with van der Waals surface area (Å²) in [5, 5.41) is 8.65. The van der Waals surface area contributed by atoms with E-state index in [0.717, 1.165) is 5.56 Å². The molecule has 0 N–H and O–H groups in total. The molecule has 0 aliphatic rings. The van der Waals surface area contributed by atoms with Gasteiger partial charge in [0.1, 0.15) is 5.78 Å². The number of Topliss-reactive ketones (excluding diaryl/α,β-unsaturated/α-hetero) is 1. The molecule has 0 bridgehead atoms. The molecule has 0 amide bonds. The summed E-state index contributed by atoms with van der Waals surface area (Å²) in [6, 6.07) is 11.8. The zero-order valence-corrected chi connectivity index (χ0v) is 8.23. The molecule has 0 saturated heterocycles. The molecular weight excluding hydrogens is 174 g/mol. The van der Waals surface area contributed by atoms with Gasteiger partial charge in [-0.1, -0.05) is 30.3 Å². The molecule has 0 aromatic heterocycles. The fourth-order valence-corrected chi connectivity index (χ4v) is 1.49. The van der Waals surface area contributed by atoms with Crippen LogP contribution in [0.1, 0.15) is 31.2 Å². The number of rotatable bonds is 4. The first-order valence-corrected chi connectivity index (χ1v) is 4.65. The highest BCUT2D eigenvalue weighted by Gasteiger charge is 2.12. The van der Waals surface area contributed by atoms with Gasteiger partial charge in [0.05, 0.1) is 6.07 Å². The lowest BCUT2D eigenvalue weighted by atomic mass is 9.92. The molecule has 1 aromatic carbocycles. The van der Waals surface area contributed by atoms with Gasteiger partial charge in [-0.15, -0.1) is 0 Å². The van der Waals surface area contributed by atoms with Gasteiger partial charge in [-0.3, -0.25) is 0 Å². The van der Waals surface area contributed by atoms with E-state index >= 15 is 0 Å². The number of benzene rings is 1. The van der Waals surface area contributed by atoms with Crippen LogP contribution in [0.15, 0.2) is 30.3 Å². The maximum absolute atomic E-state index is 11.0. The lowest BCUT2D eigenvalue weighted by molar-refractivity contribution is -0.117. The van der Waals surface area contributed by atoms with E-state index in [1.165, 1.54) is 0 Å². The Bertz CT molecular complexity index is 337. The second-order valence-electron chi connectivity index (χ2n) is 3.38. The van der Waals surface area contributed by atoms with Crippen molar-refractivity contribution in [3.8, 4) is 6.07 Å². The van der Waals surface area contributed by atoms with Gasteiger partial charge in [0.15, 0.2) is 0 Å². The maximum atomic E-state index is 11.0. The molecule has 1 unspecified atom stereocenters. The first-order valence-electron chi connectivity index (χ1n) is 4.65. The number of hydrogen-bond acceptors (Lipinski definition) is 2. The molecule has 72 valence electrons. The molecule has 0 aliphatic carbocycles.